The number of unbranched alkanes of at least 4 members (excludes halogenated alkanes) is 1. The summed E-state index contributed by atoms with van der Waals surface area (Å²) in [7, 11) is 0. The Bertz CT molecular complexity index is 1220. The molecule has 2 amide bonds. The number of ether oxygens (including phenoxy) is 1. The molecule has 2 unspecified atom stereocenters. The van der Waals surface area contributed by atoms with E-state index in [0.717, 1.165) is 35.9 Å². The Labute approximate surface area is 204 Å². The molecule has 1 saturated heterocycles. The van der Waals surface area contributed by atoms with Crippen molar-refractivity contribution in [3.05, 3.63) is 65.2 Å². The first-order valence-electron chi connectivity index (χ1n) is 11.9. The minimum absolute atomic E-state index is 0.0290. The maximum Gasteiger partial charge on any atom is 0.409 e. The molecule has 34 heavy (non-hydrogen) atoms. The van der Waals surface area contributed by atoms with Crippen LogP contribution in [0.2, 0.25) is 5.02 Å². The van der Waals surface area contributed by atoms with Gasteiger partial charge in [0, 0.05) is 42.2 Å². The monoisotopic (exact) mass is 477 g/mol. The van der Waals surface area contributed by atoms with E-state index in [-0.39, 0.29) is 18.0 Å². The van der Waals surface area contributed by atoms with Gasteiger partial charge in [-0.25, -0.2) is 9.78 Å². The zero-order chi connectivity index (χ0) is 23.7. The lowest BCUT2D eigenvalue weighted by Crippen LogP contribution is -2.39. The summed E-state index contributed by atoms with van der Waals surface area (Å²) in [4.78, 5) is 34.4. The predicted molar refractivity (Wildman–Crippen MR) is 133 cm³/mol. The Morgan fingerprint density at radius 1 is 1.12 bits per heavy atom. The average Bonchev–Trinajstić information content (AvgIpc) is 3.63. The number of aromatic nitrogens is 1. The van der Waals surface area contributed by atoms with Gasteiger partial charge in [-0.2, -0.15) is 0 Å². The van der Waals surface area contributed by atoms with Crippen LogP contribution in [0.1, 0.15) is 36.5 Å². The second-order valence-corrected chi connectivity index (χ2v) is 9.47. The minimum atomic E-state index is -0.272. The number of benzene rings is 2. The highest BCUT2D eigenvalue weighted by Crippen LogP contribution is 2.39. The fourth-order valence-electron chi connectivity index (χ4n) is 4.63. The van der Waals surface area contributed by atoms with Crippen LogP contribution in [-0.2, 0) is 4.74 Å². The summed E-state index contributed by atoms with van der Waals surface area (Å²) in [5, 5.41) is 1.43. The smallest absolute Gasteiger partial charge is 0.409 e. The maximum atomic E-state index is 13.5. The number of fused-ring (bicyclic) bond motifs is 2. The summed E-state index contributed by atoms with van der Waals surface area (Å²) in [6.07, 6.45) is 2.49. The third kappa shape index (κ3) is 4.60. The molecule has 1 aromatic heterocycles. The molecule has 176 valence electrons. The second-order valence-electron chi connectivity index (χ2n) is 9.06. The first kappa shape index (κ1) is 22.7. The van der Waals surface area contributed by atoms with Crippen LogP contribution in [0, 0.1) is 5.92 Å². The number of rotatable bonds is 5. The average molecular weight is 478 g/mol. The standard InChI is InChI=1S/C27H28ClN3O3/c1-2-3-13-34-27(33)30-11-12-31(25-15-20(25)17-30)26(32)19-9-10-21-22(28)16-23(29-24(21)14-19)18-7-5-4-6-8-18/h4-10,14,16,20,25H,2-3,11-13,15,17H2,1H3. The Morgan fingerprint density at radius 3 is 2.74 bits per heavy atom. The van der Waals surface area contributed by atoms with Gasteiger partial charge in [-0.3, -0.25) is 4.79 Å². The lowest BCUT2D eigenvalue weighted by Gasteiger charge is -2.24. The van der Waals surface area contributed by atoms with Crippen molar-refractivity contribution in [3.63, 3.8) is 0 Å². The molecule has 2 heterocycles. The van der Waals surface area contributed by atoms with Crippen LogP contribution in [0.4, 0.5) is 4.79 Å². The fourth-order valence-corrected chi connectivity index (χ4v) is 4.90. The molecule has 0 spiro atoms. The van der Waals surface area contributed by atoms with E-state index >= 15 is 0 Å². The van der Waals surface area contributed by atoms with Crippen molar-refractivity contribution in [1.29, 1.82) is 0 Å². The third-order valence-electron chi connectivity index (χ3n) is 6.67. The van der Waals surface area contributed by atoms with Crippen LogP contribution in [0.5, 0.6) is 0 Å². The van der Waals surface area contributed by atoms with Gasteiger partial charge in [0.15, 0.2) is 0 Å². The van der Waals surface area contributed by atoms with Gasteiger partial charge in [0.1, 0.15) is 0 Å². The molecule has 2 aromatic carbocycles. The van der Waals surface area contributed by atoms with Gasteiger partial charge >= 0.3 is 6.09 Å². The van der Waals surface area contributed by atoms with Crippen LogP contribution in [0.25, 0.3) is 22.2 Å². The first-order valence-corrected chi connectivity index (χ1v) is 12.3. The van der Waals surface area contributed by atoms with E-state index in [0.29, 0.717) is 48.3 Å². The molecule has 2 aliphatic rings. The fraction of sp³-hybridized carbons (Fsp3) is 0.370. The molecule has 0 N–H and O–H groups in total. The number of pyridine rings is 1. The quantitative estimate of drug-likeness (QED) is 0.446. The second kappa shape index (κ2) is 9.63. The van der Waals surface area contributed by atoms with E-state index in [4.69, 9.17) is 21.3 Å². The van der Waals surface area contributed by atoms with E-state index in [1.165, 1.54) is 0 Å². The van der Waals surface area contributed by atoms with Gasteiger partial charge in [0.25, 0.3) is 5.91 Å². The van der Waals surface area contributed by atoms with Crippen molar-refractivity contribution in [2.45, 2.75) is 32.2 Å². The SMILES string of the molecule is CCCCOC(=O)N1CCN(C(=O)c2ccc3c(Cl)cc(-c4ccccc4)nc3c2)C2CC2C1. The Morgan fingerprint density at radius 2 is 1.94 bits per heavy atom. The number of amides is 2. The van der Waals surface area contributed by atoms with Gasteiger partial charge in [-0.05, 0) is 37.0 Å². The van der Waals surface area contributed by atoms with Crippen molar-refractivity contribution in [2.75, 3.05) is 26.2 Å². The van der Waals surface area contributed by atoms with E-state index in [2.05, 4.69) is 6.92 Å². The van der Waals surface area contributed by atoms with Crippen molar-refractivity contribution >= 4 is 34.5 Å². The molecular formula is C27H28ClN3O3. The van der Waals surface area contributed by atoms with Gasteiger partial charge in [0.2, 0.25) is 0 Å². The molecule has 0 bridgehead atoms. The molecule has 2 atom stereocenters. The summed E-state index contributed by atoms with van der Waals surface area (Å²) < 4.78 is 5.39. The van der Waals surface area contributed by atoms with E-state index in [1.807, 2.05) is 59.5 Å². The zero-order valence-corrected chi connectivity index (χ0v) is 20.0. The van der Waals surface area contributed by atoms with Gasteiger partial charge in [0.05, 0.1) is 22.8 Å². The number of carbonyl (C=O) groups excluding carboxylic acids is 2. The number of carbonyl (C=O) groups is 2. The summed E-state index contributed by atoms with van der Waals surface area (Å²) in [6, 6.07) is 17.4. The minimum Gasteiger partial charge on any atom is -0.449 e. The Hall–Kier alpha value is -3.12. The largest absolute Gasteiger partial charge is 0.449 e. The number of nitrogens with zero attached hydrogens (tertiary/aromatic N) is 3. The molecule has 1 aliphatic heterocycles. The van der Waals surface area contributed by atoms with Crippen molar-refractivity contribution in [2.24, 2.45) is 5.92 Å². The maximum absolute atomic E-state index is 13.5. The van der Waals surface area contributed by atoms with Crippen molar-refractivity contribution in [3.8, 4) is 11.3 Å². The molecule has 1 aliphatic carbocycles. The lowest BCUT2D eigenvalue weighted by atomic mass is 10.1. The number of halogens is 1. The van der Waals surface area contributed by atoms with Crippen molar-refractivity contribution in [1.82, 2.24) is 14.8 Å². The molecular weight excluding hydrogens is 450 g/mol. The zero-order valence-electron chi connectivity index (χ0n) is 19.2. The van der Waals surface area contributed by atoms with Crippen LogP contribution in [0.3, 0.4) is 0 Å². The van der Waals surface area contributed by atoms with Crippen molar-refractivity contribution < 1.29 is 14.3 Å². The van der Waals surface area contributed by atoms with Crippen LogP contribution < -0.4 is 0 Å². The van der Waals surface area contributed by atoms with Crippen LogP contribution in [-0.4, -0.2) is 59.1 Å². The van der Waals surface area contributed by atoms with E-state index in [9.17, 15) is 9.59 Å². The molecule has 0 radical (unpaired) electrons. The predicted octanol–water partition coefficient (Wildman–Crippen LogP) is 5.64. The first-order chi connectivity index (χ1) is 16.5. The summed E-state index contributed by atoms with van der Waals surface area (Å²) in [5.41, 5.74) is 3.03. The Balaban J connectivity index is 1.35. The molecule has 3 aromatic rings. The summed E-state index contributed by atoms with van der Waals surface area (Å²) >= 11 is 6.55. The summed E-state index contributed by atoms with van der Waals surface area (Å²) in [6.45, 7) is 4.14. The topological polar surface area (TPSA) is 62.7 Å². The van der Waals surface area contributed by atoms with Gasteiger partial charge < -0.3 is 14.5 Å². The van der Waals surface area contributed by atoms with Crippen LogP contribution >= 0.6 is 11.6 Å². The molecule has 2 fully saturated rings. The lowest BCUT2D eigenvalue weighted by molar-refractivity contribution is 0.0724. The van der Waals surface area contributed by atoms with E-state index < -0.39 is 0 Å². The highest BCUT2D eigenvalue weighted by atomic mass is 35.5. The van der Waals surface area contributed by atoms with Crippen LogP contribution in [0.15, 0.2) is 54.6 Å². The van der Waals surface area contributed by atoms with Gasteiger partial charge in [-0.15, -0.1) is 0 Å². The van der Waals surface area contributed by atoms with E-state index in [1.54, 1.807) is 4.90 Å². The normalized spacial score (nSPS) is 19.5. The highest BCUT2D eigenvalue weighted by molar-refractivity contribution is 6.35. The molecule has 1 saturated carbocycles. The Kier molecular flexibility index (Phi) is 6.42. The van der Waals surface area contributed by atoms with Gasteiger partial charge in [-0.1, -0.05) is 61.3 Å². The summed E-state index contributed by atoms with van der Waals surface area (Å²) in [5.74, 6) is 0.279. The molecule has 5 rings (SSSR count). The third-order valence-corrected chi connectivity index (χ3v) is 6.98. The highest BCUT2D eigenvalue weighted by Gasteiger charge is 2.47. The number of hydrogen-bond donors (Lipinski definition) is 0. The molecule has 7 heteroatoms. The molecule has 6 nitrogen and oxygen atoms in total. The number of hydrogen-bond acceptors (Lipinski definition) is 4.